The van der Waals surface area contributed by atoms with Crippen LogP contribution < -0.4 is 15.2 Å². The van der Waals surface area contributed by atoms with Crippen LogP contribution in [-0.2, 0) is 0 Å². The minimum Gasteiger partial charge on any atom is -0.493 e. The smallest absolute Gasteiger partial charge is 0.168 e. The number of benzene rings is 2. The predicted octanol–water partition coefficient (Wildman–Crippen LogP) is 3.07. The summed E-state index contributed by atoms with van der Waals surface area (Å²) in [6.07, 6.45) is 0.785. The number of hydrogen-bond acceptors (Lipinski definition) is 4. The van der Waals surface area contributed by atoms with E-state index in [0.717, 1.165) is 23.0 Å². The molecule has 0 fully saturated rings. The third-order valence-corrected chi connectivity index (χ3v) is 3.19. The molecule has 0 bridgehead atoms. The second kappa shape index (κ2) is 5.65. The van der Waals surface area contributed by atoms with E-state index in [1.807, 2.05) is 25.1 Å². The Morgan fingerprint density at radius 2 is 1.80 bits per heavy atom. The van der Waals surface area contributed by atoms with Crippen LogP contribution in [0.3, 0.4) is 0 Å². The molecule has 4 heteroatoms. The minimum atomic E-state index is 0.522. The lowest BCUT2D eigenvalue weighted by molar-refractivity contribution is 0.112. The number of nitrogen functional groups attached to an aromatic ring is 1. The number of anilines is 1. The number of carbonyl (C=O) groups excluding carboxylic acids is 1. The van der Waals surface area contributed by atoms with Crippen LogP contribution in [0.25, 0.3) is 11.1 Å². The summed E-state index contributed by atoms with van der Waals surface area (Å²) in [5, 5.41) is 0. The summed E-state index contributed by atoms with van der Waals surface area (Å²) < 4.78 is 10.7. The van der Waals surface area contributed by atoms with Crippen LogP contribution in [0.2, 0.25) is 0 Å². The van der Waals surface area contributed by atoms with Crippen LogP contribution in [0.4, 0.5) is 5.69 Å². The highest BCUT2D eigenvalue weighted by Crippen LogP contribution is 2.40. The Morgan fingerprint density at radius 3 is 2.40 bits per heavy atom. The monoisotopic (exact) mass is 271 g/mol. The highest BCUT2D eigenvalue weighted by Gasteiger charge is 2.15. The standard InChI is InChI=1S/C16H17NO3/c1-10-4-5-12(17)8-13(10)14-6-11(9-18)7-15(19-2)16(14)20-3/h4-9H,17H2,1-3H3. The SMILES string of the molecule is COc1cc(C=O)cc(-c2cc(N)ccc2C)c1OC. The van der Waals surface area contributed by atoms with E-state index < -0.39 is 0 Å². The molecule has 0 aliphatic heterocycles. The van der Waals surface area contributed by atoms with E-state index in [1.165, 1.54) is 0 Å². The molecule has 0 spiro atoms. The third-order valence-electron chi connectivity index (χ3n) is 3.19. The lowest BCUT2D eigenvalue weighted by Gasteiger charge is -2.15. The average Bonchev–Trinajstić information content (AvgIpc) is 2.48. The number of aldehydes is 1. The normalized spacial score (nSPS) is 10.2. The van der Waals surface area contributed by atoms with Crippen molar-refractivity contribution in [1.29, 1.82) is 0 Å². The first kappa shape index (κ1) is 13.9. The maximum absolute atomic E-state index is 11.1. The summed E-state index contributed by atoms with van der Waals surface area (Å²) in [5.41, 5.74) is 9.79. The molecule has 0 aliphatic rings. The second-order valence-electron chi connectivity index (χ2n) is 4.50. The van der Waals surface area contributed by atoms with Gasteiger partial charge in [0.2, 0.25) is 0 Å². The quantitative estimate of drug-likeness (QED) is 0.685. The molecule has 2 aromatic rings. The van der Waals surface area contributed by atoms with E-state index in [1.54, 1.807) is 26.4 Å². The molecular formula is C16H17NO3. The molecule has 104 valence electrons. The van der Waals surface area contributed by atoms with Gasteiger partial charge in [-0.2, -0.15) is 0 Å². The topological polar surface area (TPSA) is 61.5 Å². The molecule has 0 radical (unpaired) electrons. The van der Waals surface area contributed by atoms with Crippen LogP contribution in [0.5, 0.6) is 11.5 Å². The van der Waals surface area contributed by atoms with Crippen molar-refractivity contribution in [3.8, 4) is 22.6 Å². The van der Waals surface area contributed by atoms with Crippen LogP contribution in [0.1, 0.15) is 15.9 Å². The van der Waals surface area contributed by atoms with Crippen LogP contribution in [0, 0.1) is 6.92 Å². The summed E-state index contributed by atoms with van der Waals surface area (Å²) in [5.74, 6) is 1.11. The molecule has 0 amide bonds. The number of methoxy groups -OCH3 is 2. The van der Waals surface area contributed by atoms with Gasteiger partial charge in [-0.3, -0.25) is 4.79 Å². The van der Waals surface area contributed by atoms with Crippen molar-refractivity contribution in [3.05, 3.63) is 41.5 Å². The molecule has 0 unspecified atom stereocenters. The predicted molar refractivity (Wildman–Crippen MR) is 79.5 cm³/mol. The van der Waals surface area contributed by atoms with Crippen molar-refractivity contribution in [1.82, 2.24) is 0 Å². The Balaban J connectivity index is 2.77. The van der Waals surface area contributed by atoms with E-state index >= 15 is 0 Å². The lowest BCUT2D eigenvalue weighted by atomic mass is 9.97. The molecule has 0 saturated carbocycles. The van der Waals surface area contributed by atoms with Crippen LogP contribution in [0.15, 0.2) is 30.3 Å². The second-order valence-corrected chi connectivity index (χ2v) is 4.50. The number of rotatable bonds is 4. The fourth-order valence-electron chi connectivity index (χ4n) is 2.18. The number of carbonyl (C=O) groups is 1. The highest BCUT2D eigenvalue weighted by atomic mass is 16.5. The Labute approximate surface area is 118 Å². The number of aryl methyl sites for hydroxylation is 1. The molecule has 2 N–H and O–H groups in total. The van der Waals surface area contributed by atoms with Gasteiger partial charge in [0.05, 0.1) is 14.2 Å². The van der Waals surface area contributed by atoms with Gasteiger partial charge in [-0.05, 0) is 42.3 Å². The van der Waals surface area contributed by atoms with Gasteiger partial charge in [-0.15, -0.1) is 0 Å². The third kappa shape index (κ3) is 2.45. The first-order valence-electron chi connectivity index (χ1n) is 6.18. The maximum atomic E-state index is 11.1. The van der Waals surface area contributed by atoms with Gasteiger partial charge >= 0.3 is 0 Å². The van der Waals surface area contributed by atoms with Crippen molar-refractivity contribution in [3.63, 3.8) is 0 Å². The highest BCUT2D eigenvalue weighted by molar-refractivity contribution is 5.85. The fourth-order valence-corrected chi connectivity index (χ4v) is 2.18. The van der Waals surface area contributed by atoms with Gasteiger partial charge < -0.3 is 15.2 Å². The molecule has 0 atom stereocenters. The van der Waals surface area contributed by atoms with Crippen molar-refractivity contribution in [2.45, 2.75) is 6.92 Å². The Morgan fingerprint density at radius 1 is 1.05 bits per heavy atom. The van der Waals surface area contributed by atoms with Crippen molar-refractivity contribution >= 4 is 12.0 Å². The summed E-state index contributed by atoms with van der Waals surface area (Å²) in [6, 6.07) is 9.06. The molecule has 0 heterocycles. The van der Waals surface area contributed by atoms with Gasteiger partial charge in [0, 0.05) is 16.8 Å². The summed E-state index contributed by atoms with van der Waals surface area (Å²) in [7, 11) is 3.12. The molecule has 20 heavy (non-hydrogen) atoms. The summed E-state index contributed by atoms with van der Waals surface area (Å²) in [4.78, 5) is 11.1. The van der Waals surface area contributed by atoms with Crippen LogP contribution >= 0.6 is 0 Å². The minimum absolute atomic E-state index is 0.522. The molecule has 2 rings (SSSR count). The van der Waals surface area contributed by atoms with Gasteiger partial charge in [0.15, 0.2) is 11.5 Å². The van der Waals surface area contributed by atoms with E-state index in [2.05, 4.69) is 0 Å². The Hall–Kier alpha value is -2.49. The summed E-state index contributed by atoms with van der Waals surface area (Å²) >= 11 is 0. The van der Waals surface area contributed by atoms with Gasteiger partial charge in [-0.1, -0.05) is 6.07 Å². The van der Waals surface area contributed by atoms with Crippen molar-refractivity contribution < 1.29 is 14.3 Å². The largest absolute Gasteiger partial charge is 0.493 e. The Kier molecular flexibility index (Phi) is 3.94. The van der Waals surface area contributed by atoms with Gasteiger partial charge in [0.25, 0.3) is 0 Å². The van der Waals surface area contributed by atoms with E-state index in [0.29, 0.717) is 22.7 Å². The molecule has 4 nitrogen and oxygen atoms in total. The molecule has 2 aromatic carbocycles. The average molecular weight is 271 g/mol. The zero-order valence-electron chi connectivity index (χ0n) is 11.8. The van der Waals surface area contributed by atoms with E-state index in [9.17, 15) is 4.79 Å². The zero-order chi connectivity index (χ0) is 14.7. The van der Waals surface area contributed by atoms with E-state index in [4.69, 9.17) is 15.2 Å². The first-order valence-corrected chi connectivity index (χ1v) is 6.18. The molecule has 0 aromatic heterocycles. The van der Waals surface area contributed by atoms with Crippen LogP contribution in [-0.4, -0.2) is 20.5 Å². The number of hydrogen-bond donors (Lipinski definition) is 1. The number of ether oxygens (including phenoxy) is 2. The van der Waals surface area contributed by atoms with Gasteiger partial charge in [-0.25, -0.2) is 0 Å². The fraction of sp³-hybridized carbons (Fsp3) is 0.188. The maximum Gasteiger partial charge on any atom is 0.168 e. The first-order chi connectivity index (χ1) is 9.60. The van der Waals surface area contributed by atoms with Crippen molar-refractivity contribution in [2.24, 2.45) is 0 Å². The van der Waals surface area contributed by atoms with Gasteiger partial charge in [0.1, 0.15) is 6.29 Å². The molecule has 0 saturated heterocycles. The lowest BCUT2D eigenvalue weighted by Crippen LogP contribution is -1.97. The Bertz CT molecular complexity index is 650. The van der Waals surface area contributed by atoms with Crippen molar-refractivity contribution in [2.75, 3.05) is 20.0 Å². The van der Waals surface area contributed by atoms with E-state index in [-0.39, 0.29) is 0 Å². The molecular weight excluding hydrogens is 254 g/mol. The zero-order valence-corrected chi connectivity index (χ0v) is 11.8. The number of nitrogens with two attached hydrogens (primary N) is 1. The summed E-state index contributed by atoms with van der Waals surface area (Å²) in [6.45, 7) is 1.98. The molecule has 0 aliphatic carbocycles.